The molecule has 4 aromatic carbocycles. The van der Waals surface area contributed by atoms with Crippen molar-refractivity contribution in [3.8, 4) is 0 Å². The van der Waals surface area contributed by atoms with Crippen LogP contribution in [-0.4, -0.2) is 28.7 Å². The third kappa shape index (κ3) is 6.79. The van der Waals surface area contributed by atoms with Gasteiger partial charge in [0, 0.05) is 60.3 Å². The van der Waals surface area contributed by atoms with Crippen molar-refractivity contribution in [2.24, 2.45) is 11.8 Å². The summed E-state index contributed by atoms with van der Waals surface area (Å²) in [6, 6.07) is 26.4. The van der Waals surface area contributed by atoms with Crippen LogP contribution >= 0.6 is 0 Å². The van der Waals surface area contributed by atoms with Crippen molar-refractivity contribution in [1.29, 1.82) is 0 Å². The molecule has 4 unspecified atom stereocenters. The number of carbonyl (C=O) groups excluding carboxylic acids is 1. The molecule has 2 saturated heterocycles. The fraction of sp³-hybridized carbons (Fsp3) is 0.324. The van der Waals surface area contributed by atoms with E-state index in [1.807, 2.05) is 60.7 Å². The van der Waals surface area contributed by atoms with Gasteiger partial charge in [-0.3, -0.25) is 14.6 Å². The van der Waals surface area contributed by atoms with Gasteiger partial charge in [0.05, 0.1) is 0 Å². The first-order valence-electron chi connectivity index (χ1n) is 15.4. The van der Waals surface area contributed by atoms with Crippen molar-refractivity contribution >= 4 is 5.78 Å². The van der Waals surface area contributed by atoms with Crippen LogP contribution in [0.2, 0.25) is 0 Å². The summed E-state index contributed by atoms with van der Waals surface area (Å²) in [7, 11) is 0. The van der Waals surface area contributed by atoms with Crippen molar-refractivity contribution in [1.82, 2.24) is 9.80 Å². The smallest absolute Gasteiger partial charge is 0.139 e. The van der Waals surface area contributed by atoms with Gasteiger partial charge in [-0.05, 0) is 62.0 Å². The largest absolute Gasteiger partial charge is 0.299 e. The molecule has 0 N–H and O–H groups in total. The lowest BCUT2D eigenvalue weighted by Crippen LogP contribution is -2.44. The average molecular weight is 601 g/mol. The molecular formula is C37H36F4N2O. The van der Waals surface area contributed by atoms with E-state index in [4.69, 9.17) is 0 Å². The van der Waals surface area contributed by atoms with E-state index < -0.39 is 23.3 Å². The van der Waals surface area contributed by atoms with E-state index in [0.717, 1.165) is 23.3 Å². The predicted octanol–water partition coefficient (Wildman–Crippen LogP) is 8.42. The minimum atomic E-state index is -0.634. The van der Waals surface area contributed by atoms with Gasteiger partial charge in [-0.15, -0.1) is 0 Å². The van der Waals surface area contributed by atoms with Gasteiger partial charge in [0.1, 0.15) is 29.1 Å². The van der Waals surface area contributed by atoms with Gasteiger partial charge in [0.25, 0.3) is 0 Å². The maximum absolute atomic E-state index is 15.1. The second-order valence-corrected chi connectivity index (χ2v) is 12.1. The maximum atomic E-state index is 15.1. The molecule has 2 aliphatic rings. The molecule has 0 saturated carbocycles. The predicted molar refractivity (Wildman–Crippen MR) is 162 cm³/mol. The van der Waals surface area contributed by atoms with Crippen molar-refractivity contribution in [2.45, 2.75) is 50.9 Å². The Morgan fingerprint density at radius 3 is 1.39 bits per heavy atom. The molecule has 0 bridgehead atoms. The van der Waals surface area contributed by atoms with E-state index in [2.05, 4.69) is 9.80 Å². The minimum absolute atomic E-state index is 0.115. The van der Waals surface area contributed by atoms with Crippen molar-refractivity contribution in [2.75, 3.05) is 13.1 Å². The van der Waals surface area contributed by atoms with Gasteiger partial charge >= 0.3 is 0 Å². The number of halogens is 4. The normalized spacial score (nSPS) is 23.0. The number of nitrogens with zero attached hydrogens (tertiary/aromatic N) is 2. The lowest BCUT2D eigenvalue weighted by molar-refractivity contribution is -0.131. The van der Waals surface area contributed by atoms with Gasteiger partial charge in [-0.2, -0.15) is 0 Å². The number of carbonyl (C=O) groups is 1. The summed E-state index contributed by atoms with van der Waals surface area (Å²) in [4.78, 5) is 18.5. The third-order valence-electron chi connectivity index (χ3n) is 9.33. The zero-order valence-corrected chi connectivity index (χ0v) is 24.5. The highest BCUT2D eigenvalue weighted by Gasteiger charge is 2.40. The van der Waals surface area contributed by atoms with Gasteiger partial charge in [0.2, 0.25) is 0 Å². The molecule has 2 heterocycles. The molecule has 2 aliphatic heterocycles. The summed E-state index contributed by atoms with van der Waals surface area (Å²) in [5.74, 6) is -2.98. The van der Waals surface area contributed by atoms with Crippen LogP contribution in [0.15, 0.2) is 97.1 Å². The van der Waals surface area contributed by atoms with Crippen LogP contribution < -0.4 is 0 Å². The monoisotopic (exact) mass is 600 g/mol. The van der Waals surface area contributed by atoms with E-state index in [0.29, 0.717) is 63.0 Å². The number of hydrogen-bond donors (Lipinski definition) is 0. The zero-order valence-electron chi connectivity index (χ0n) is 24.5. The molecule has 3 nitrogen and oxygen atoms in total. The molecule has 0 radical (unpaired) electrons. The highest BCUT2D eigenvalue weighted by atomic mass is 19.1. The first-order valence-corrected chi connectivity index (χ1v) is 15.4. The SMILES string of the molecule is O=C(C1CCN(Cc2ccccc2)C(c2ccc(F)cc2F)C1)C1CCN(Cc2ccccc2)C(c2ccc(F)cc2F)C1. The molecule has 4 aromatic rings. The van der Waals surface area contributed by atoms with E-state index >= 15 is 8.78 Å². The van der Waals surface area contributed by atoms with Crippen LogP contribution in [0.1, 0.15) is 60.0 Å². The Morgan fingerprint density at radius 2 is 1.00 bits per heavy atom. The molecule has 4 atom stereocenters. The van der Waals surface area contributed by atoms with Gasteiger partial charge in [-0.25, -0.2) is 17.6 Å². The van der Waals surface area contributed by atoms with Crippen LogP contribution in [0.3, 0.4) is 0 Å². The van der Waals surface area contributed by atoms with E-state index in [9.17, 15) is 13.6 Å². The summed E-state index contributed by atoms with van der Waals surface area (Å²) < 4.78 is 58.0. The Labute approximate surface area is 256 Å². The molecule has 6 rings (SSSR count). The highest BCUT2D eigenvalue weighted by molar-refractivity contribution is 5.84. The Balaban J connectivity index is 1.24. The lowest BCUT2D eigenvalue weighted by atomic mass is 9.75. The second kappa shape index (κ2) is 13.4. The van der Waals surface area contributed by atoms with Gasteiger partial charge in [0.15, 0.2) is 0 Å². The second-order valence-electron chi connectivity index (χ2n) is 12.1. The first kappa shape index (κ1) is 30.2. The molecule has 2 fully saturated rings. The number of benzene rings is 4. The van der Waals surface area contributed by atoms with E-state index in [1.54, 1.807) is 0 Å². The van der Waals surface area contributed by atoms with Crippen LogP contribution in [-0.2, 0) is 17.9 Å². The maximum Gasteiger partial charge on any atom is 0.139 e. The van der Waals surface area contributed by atoms with Crippen molar-refractivity contribution < 1.29 is 22.4 Å². The Kier molecular flexibility index (Phi) is 9.24. The standard InChI is InChI=1S/C37H36F4N2O/c38-29-11-13-31(33(40)21-29)35-19-27(15-17-42(35)23-25-7-3-1-4-8-25)37(44)28-16-18-43(24-26-9-5-2-6-10-26)36(20-28)32-14-12-30(39)22-34(32)41/h1-14,21-22,27-28,35-36H,15-20,23-24H2. The Morgan fingerprint density at radius 1 is 0.591 bits per heavy atom. The van der Waals surface area contributed by atoms with Crippen molar-refractivity contribution in [3.63, 3.8) is 0 Å². The summed E-state index contributed by atoms with van der Waals surface area (Å²) >= 11 is 0. The fourth-order valence-corrected chi connectivity index (χ4v) is 7.08. The first-order chi connectivity index (χ1) is 21.4. The van der Waals surface area contributed by atoms with Crippen LogP contribution in [0.5, 0.6) is 0 Å². The van der Waals surface area contributed by atoms with E-state index in [-0.39, 0.29) is 29.7 Å². The van der Waals surface area contributed by atoms with E-state index in [1.165, 1.54) is 24.3 Å². The summed E-state index contributed by atoms with van der Waals surface area (Å²) in [5, 5.41) is 0. The Hall–Kier alpha value is -3.81. The van der Waals surface area contributed by atoms with Crippen LogP contribution in [0, 0.1) is 35.1 Å². The zero-order chi connectivity index (χ0) is 30.6. The van der Waals surface area contributed by atoms with Crippen molar-refractivity contribution in [3.05, 3.63) is 143 Å². The fourth-order valence-electron chi connectivity index (χ4n) is 7.08. The quantitative estimate of drug-likeness (QED) is 0.190. The number of Topliss-reactive ketones (excluding diaryl/α,β-unsaturated/α-hetero) is 1. The van der Waals surface area contributed by atoms with Crippen LogP contribution in [0.4, 0.5) is 17.6 Å². The molecule has 0 spiro atoms. The number of ketones is 1. The molecule has 44 heavy (non-hydrogen) atoms. The summed E-state index contributed by atoms with van der Waals surface area (Å²) in [6.45, 7) is 2.37. The average Bonchev–Trinajstić information content (AvgIpc) is 3.02. The number of likely N-dealkylation sites (tertiary alicyclic amines) is 2. The molecule has 228 valence electrons. The van der Waals surface area contributed by atoms with Gasteiger partial charge in [-0.1, -0.05) is 72.8 Å². The molecule has 0 amide bonds. The number of piperidine rings is 2. The minimum Gasteiger partial charge on any atom is -0.299 e. The molecule has 0 aromatic heterocycles. The highest BCUT2D eigenvalue weighted by Crippen LogP contribution is 2.42. The number of hydrogen-bond acceptors (Lipinski definition) is 3. The Bertz CT molecular complexity index is 1460. The lowest BCUT2D eigenvalue weighted by Gasteiger charge is -2.43. The number of rotatable bonds is 8. The third-order valence-corrected chi connectivity index (χ3v) is 9.33. The summed E-state index contributed by atoms with van der Waals surface area (Å²) in [5.41, 5.74) is 2.95. The summed E-state index contributed by atoms with van der Waals surface area (Å²) in [6.07, 6.45) is 2.11. The molecular weight excluding hydrogens is 564 g/mol. The molecule has 7 heteroatoms. The molecule has 0 aliphatic carbocycles. The topological polar surface area (TPSA) is 23.6 Å². The van der Waals surface area contributed by atoms with Crippen LogP contribution in [0.25, 0.3) is 0 Å². The van der Waals surface area contributed by atoms with Gasteiger partial charge < -0.3 is 0 Å².